The maximum Gasteiger partial charge on any atom is 0.164 e. The predicted molar refractivity (Wildman–Crippen MR) is 85.6 cm³/mol. The molecule has 2 aromatic carbocycles. The van der Waals surface area contributed by atoms with E-state index >= 15 is 0 Å². The van der Waals surface area contributed by atoms with Crippen LogP contribution in [0.15, 0.2) is 66.9 Å². The first-order chi connectivity index (χ1) is 10.3. The van der Waals surface area contributed by atoms with Gasteiger partial charge in [0.05, 0.1) is 5.52 Å². The number of rotatable bonds is 5. The molecule has 3 rings (SSSR count). The Labute approximate surface area is 123 Å². The van der Waals surface area contributed by atoms with Gasteiger partial charge in [0.2, 0.25) is 0 Å². The van der Waals surface area contributed by atoms with Crippen molar-refractivity contribution in [2.45, 2.75) is 6.42 Å². The predicted octanol–water partition coefficient (Wildman–Crippen LogP) is 3.92. The fraction of sp³-hybridized carbons (Fsp3) is 0.111. The van der Waals surface area contributed by atoms with Crippen LogP contribution in [0.4, 0.5) is 5.69 Å². The average Bonchev–Trinajstić information content (AvgIpc) is 2.56. The number of benzene rings is 2. The Kier molecular flexibility index (Phi) is 3.92. The van der Waals surface area contributed by atoms with Gasteiger partial charge in [-0.05, 0) is 24.3 Å². The summed E-state index contributed by atoms with van der Waals surface area (Å²) in [4.78, 5) is 16.4. The van der Waals surface area contributed by atoms with E-state index in [1.807, 2.05) is 60.7 Å². The van der Waals surface area contributed by atoms with E-state index < -0.39 is 0 Å². The van der Waals surface area contributed by atoms with Crippen molar-refractivity contribution in [2.24, 2.45) is 0 Å². The Hall–Kier alpha value is -2.68. The Morgan fingerprint density at radius 1 is 0.952 bits per heavy atom. The first kappa shape index (κ1) is 13.3. The number of nitrogens with one attached hydrogen (secondary N) is 1. The molecule has 0 unspecified atom stereocenters. The van der Waals surface area contributed by atoms with Gasteiger partial charge in [-0.3, -0.25) is 9.78 Å². The summed E-state index contributed by atoms with van der Waals surface area (Å²) in [6.45, 7) is 0.613. The van der Waals surface area contributed by atoms with E-state index in [1.54, 1.807) is 6.20 Å². The molecule has 0 atom stereocenters. The minimum absolute atomic E-state index is 0.154. The van der Waals surface area contributed by atoms with Crippen molar-refractivity contribution in [2.75, 3.05) is 11.9 Å². The SMILES string of the molecule is O=C(CCNc1cccc2ncccc12)c1ccccc1. The standard InChI is InChI=1S/C18H16N2O/c21-18(14-6-2-1-3-7-14)11-13-20-17-10-4-9-16-15(17)8-5-12-19-16/h1-10,12,20H,11,13H2. The topological polar surface area (TPSA) is 42.0 Å². The second-order valence-corrected chi connectivity index (χ2v) is 4.84. The Balaban J connectivity index is 1.66. The number of hydrogen-bond acceptors (Lipinski definition) is 3. The second-order valence-electron chi connectivity index (χ2n) is 4.84. The summed E-state index contributed by atoms with van der Waals surface area (Å²) in [5.74, 6) is 0.154. The van der Waals surface area contributed by atoms with Crippen molar-refractivity contribution < 1.29 is 4.79 Å². The number of carbonyl (C=O) groups excluding carboxylic acids is 1. The van der Waals surface area contributed by atoms with Crippen LogP contribution >= 0.6 is 0 Å². The van der Waals surface area contributed by atoms with Crippen LogP contribution in [0.3, 0.4) is 0 Å². The smallest absolute Gasteiger partial charge is 0.164 e. The highest BCUT2D eigenvalue weighted by Gasteiger charge is 2.05. The van der Waals surface area contributed by atoms with Crippen LogP contribution in [0.5, 0.6) is 0 Å². The zero-order valence-corrected chi connectivity index (χ0v) is 11.6. The number of fused-ring (bicyclic) bond motifs is 1. The van der Waals surface area contributed by atoms with Gasteiger partial charge in [0.25, 0.3) is 0 Å². The molecule has 0 amide bonds. The van der Waals surface area contributed by atoms with Crippen LogP contribution in [-0.2, 0) is 0 Å². The summed E-state index contributed by atoms with van der Waals surface area (Å²) in [5, 5.41) is 4.40. The minimum Gasteiger partial charge on any atom is -0.384 e. The molecule has 0 radical (unpaired) electrons. The van der Waals surface area contributed by atoms with E-state index in [0.29, 0.717) is 13.0 Å². The van der Waals surface area contributed by atoms with Crippen molar-refractivity contribution in [3.05, 3.63) is 72.4 Å². The van der Waals surface area contributed by atoms with Gasteiger partial charge in [-0.15, -0.1) is 0 Å². The summed E-state index contributed by atoms with van der Waals surface area (Å²) in [6.07, 6.45) is 2.26. The van der Waals surface area contributed by atoms with Crippen LogP contribution in [0.1, 0.15) is 16.8 Å². The number of Topliss-reactive ketones (excluding diaryl/α,β-unsaturated/α-hetero) is 1. The van der Waals surface area contributed by atoms with Crippen LogP contribution in [0.25, 0.3) is 10.9 Å². The number of aromatic nitrogens is 1. The summed E-state index contributed by atoms with van der Waals surface area (Å²) >= 11 is 0. The molecule has 0 aliphatic heterocycles. The average molecular weight is 276 g/mol. The van der Waals surface area contributed by atoms with E-state index in [-0.39, 0.29) is 5.78 Å². The molecule has 3 heteroatoms. The molecule has 1 heterocycles. The van der Waals surface area contributed by atoms with Crippen LogP contribution < -0.4 is 5.32 Å². The third-order valence-electron chi connectivity index (χ3n) is 3.41. The van der Waals surface area contributed by atoms with Crippen molar-refractivity contribution in [1.29, 1.82) is 0 Å². The molecule has 1 aromatic heterocycles. The lowest BCUT2D eigenvalue weighted by atomic mass is 10.1. The highest BCUT2D eigenvalue weighted by Crippen LogP contribution is 2.21. The number of nitrogens with zero attached hydrogens (tertiary/aromatic N) is 1. The quantitative estimate of drug-likeness (QED) is 0.718. The lowest BCUT2D eigenvalue weighted by Crippen LogP contribution is -2.09. The van der Waals surface area contributed by atoms with Crippen molar-refractivity contribution in [3.63, 3.8) is 0 Å². The van der Waals surface area contributed by atoms with E-state index in [1.165, 1.54) is 0 Å². The van der Waals surface area contributed by atoms with E-state index in [4.69, 9.17) is 0 Å². The molecule has 0 aliphatic carbocycles. The monoisotopic (exact) mass is 276 g/mol. The molecule has 3 aromatic rings. The van der Waals surface area contributed by atoms with Crippen molar-refractivity contribution in [1.82, 2.24) is 4.98 Å². The van der Waals surface area contributed by atoms with Gasteiger partial charge in [0, 0.05) is 35.8 Å². The lowest BCUT2D eigenvalue weighted by Gasteiger charge is -2.09. The molecular formula is C18H16N2O. The third kappa shape index (κ3) is 3.08. The van der Waals surface area contributed by atoms with Gasteiger partial charge in [0.1, 0.15) is 0 Å². The zero-order valence-electron chi connectivity index (χ0n) is 11.6. The minimum atomic E-state index is 0.154. The van der Waals surface area contributed by atoms with Crippen LogP contribution in [0.2, 0.25) is 0 Å². The first-order valence-corrected chi connectivity index (χ1v) is 7.00. The lowest BCUT2D eigenvalue weighted by molar-refractivity contribution is 0.0986. The third-order valence-corrected chi connectivity index (χ3v) is 3.41. The van der Waals surface area contributed by atoms with Gasteiger partial charge < -0.3 is 5.32 Å². The normalized spacial score (nSPS) is 10.5. The van der Waals surface area contributed by atoms with Gasteiger partial charge in [-0.1, -0.05) is 36.4 Å². The van der Waals surface area contributed by atoms with Gasteiger partial charge in [-0.2, -0.15) is 0 Å². The summed E-state index contributed by atoms with van der Waals surface area (Å²) < 4.78 is 0. The molecular weight excluding hydrogens is 260 g/mol. The van der Waals surface area contributed by atoms with Gasteiger partial charge >= 0.3 is 0 Å². The Morgan fingerprint density at radius 3 is 2.67 bits per heavy atom. The first-order valence-electron chi connectivity index (χ1n) is 7.00. The number of carbonyl (C=O) groups is 1. The van der Waals surface area contributed by atoms with Gasteiger partial charge in [0.15, 0.2) is 5.78 Å². The maximum atomic E-state index is 12.0. The fourth-order valence-corrected chi connectivity index (χ4v) is 2.34. The zero-order chi connectivity index (χ0) is 14.5. The number of anilines is 1. The molecule has 3 nitrogen and oxygen atoms in total. The molecule has 104 valence electrons. The molecule has 1 N–H and O–H groups in total. The Bertz CT molecular complexity index is 748. The molecule has 0 bridgehead atoms. The molecule has 0 spiro atoms. The summed E-state index contributed by atoms with van der Waals surface area (Å²) in [6, 6.07) is 19.3. The Morgan fingerprint density at radius 2 is 1.81 bits per heavy atom. The number of pyridine rings is 1. The maximum absolute atomic E-state index is 12.0. The fourth-order valence-electron chi connectivity index (χ4n) is 2.34. The van der Waals surface area contributed by atoms with E-state index in [2.05, 4.69) is 10.3 Å². The number of ketones is 1. The number of hydrogen-bond donors (Lipinski definition) is 1. The van der Waals surface area contributed by atoms with Gasteiger partial charge in [-0.25, -0.2) is 0 Å². The van der Waals surface area contributed by atoms with E-state index in [0.717, 1.165) is 22.2 Å². The van der Waals surface area contributed by atoms with Crippen LogP contribution in [0, 0.1) is 0 Å². The van der Waals surface area contributed by atoms with E-state index in [9.17, 15) is 4.79 Å². The summed E-state index contributed by atoms with van der Waals surface area (Å²) in [7, 11) is 0. The van der Waals surface area contributed by atoms with Crippen LogP contribution in [-0.4, -0.2) is 17.3 Å². The molecule has 0 saturated carbocycles. The molecule has 0 aliphatic rings. The molecule has 0 saturated heterocycles. The second kappa shape index (κ2) is 6.18. The largest absolute Gasteiger partial charge is 0.384 e. The van der Waals surface area contributed by atoms with Crippen molar-refractivity contribution in [3.8, 4) is 0 Å². The highest BCUT2D eigenvalue weighted by atomic mass is 16.1. The molecule has 0 fully saturated rings. The summed E-state index contributed by atoms with van der Waals surface area (Å²) in [5.41, 5.74) is 2.73. The van der Waals surface area contributed by atoms with Crippen molar-refractivity contribution >= 4 is 22.4 Å². The molecule has 21 heavy (non-hydrogen) atoms. The highest BCUT2D eigenvalue weighted by molar-refractivity contribution is 5.96.